The third kappa shape index (κ3) is 3.22. The third-order valence-electron chi connectivity index (χ3n) is 4.78. The van der Waals surface area contributed by atoms with Gasteiger partial charge in [-0.05, 0) is 43.0 Å². The first-order chi connectivity index (χ1) is 11.7. The number of hydrogen-bond donors (Lipinski definition) is 1. The number of fused-ring (bicyclic) bond motifs is 1. The standard InChI is InChI=1S/C19H21FN2O2/c20-15-5-3-13(4-6-15)18(19(23)21-16-7-8-16)22-10-1-2-17-14(12-22)9-11-24-17/h3-6,9,11,16,18H,1-2,7-8,10,12H2,(H,21,23). The smallest absolute Gasteiger partial charge is 0.242 e. The normalized spacial score (nSPS) is 19.4. The fourth-order valence-corrected chi connectivity index (χ4v) is 3.37. The zero-order chi connectivity index (χ0) is 16.5. The molecule has 1 aromatic carbocycles. The number of rotatable bonds is 4. The van der Waals surface area contributed by atoms with Gasteiger partial charge in [-0.2, -0.15) is 0 Å². The largest absolute Gasteiger partial charge is 0.469 e. The van der Waals surface area contributed by atoms with Crippen molar-refractivity contribution in [2.75, 3.05) is 6.54 Å². The molecule has 1 atom stereocenters. The van der Waals surface area contributed by atoms with E-state index < -0.39 is 6.04 Å². The van der Waals surface area contributed by atoms with Crippen LogP contribution in [-0.4, -0.2) is 23.4 Å². The van der Waals surface area contributed by atoms with Crippen LogP contribution in [0.4, 0.5) is 4.39 Å². The molecule has 2 heterocycles. The number of halogens is 1. The van der Waals surface area contributed by atoms with Gasteiger partial charge in [-0.25, -0.2) is 4.39 Å². The lowest BCUT2D eigenvalue weighted by Gasteiger charge is -2.30. The highest BCUT2D eigenvalue weighted by Gasteiger charge is 2.33. The van der Waals surface area contributed by atoms with Crippen molar-refractivity contribution in [3.63, 3.8) is 0 Å². The van der Waals surface area contributed by atoms with Gasteiger partial charge >= 0.3 is 0 Å². The summed E-state index contributed by atoms with van der Waals surface area (Å²) in [4.78, 5) is 15.0. The fraction of sp³-hybridized carbons (Fsp3) is 0.421. The van der Waals surface area contributed by atoms with E-state index in [-0.39, 0.29) is 11.7 Å². The molecule has 1 aromatic heterocycles. The van der Waals surface area contributed by atoms with Gasteiger partial charge in [0.2, 0.25) is 5.91 Å². The summed E-state index contributed by atoms with van der Waals surface area (Å²) in [7, 11) is 0. The Morgan fingerprint density at radius 2 is 2.04 bits per heavy atom. The average Bonchev–Trinajstić information content (AvgIpc) is 3.32. The highest BCUT2D eigenvalue weighted by Crippen LogP contribution is 2.29. The van der Waals surface area contributed by atoms with Crippen LogP contribution >= 0.6 is 0 Å². The Hall–Kier alpha value is -2.14. The summed E-state index contributed by atoms with van der Waals surface area (Å²) < 4.78 is 18.9. The molecule has 0 spiro atoms. The second-order valence-electron chi connectivity index (χ2n) is 6.68. The van der Waals surface area contributed by atoms with Crippen molar-refractivity contribution in [1.82, 2.24) is 10.2 Å². The molecule has 4 nitrogen and oxygen atoms in total. The van der Waals surface area contributed by atoms with Crippen molar-refractivity contribution >= 4 is 5.91 Å². The van der Waals surface area contributed by atoms with E-state index in [9.17, 15) is 9.18 Å². The SMILES string of the molecule is O=C(NC1CC1)C(c1ccc(F)cc1)N1CCCc2occc2C1. The number of carbonyl (C=O) groups is 1. The Balaban J connectivity index is 1.63. The van der Waals surface area contributed by atoms with Crippen molar-refractivity contribution in [3.05, 3.63) is 59.3 Å². The summed E-state index contributed by atoms with van der Waals surface area (Å²) in [6, 6.07) is 8.17. The number of nitrogens with zero attached hydrogens (tertiary/aromatic N) is 1. The number of amides is 1. The van der Waals surface area contributed by atoms with E-state index in [1.54, 1.807) is 18.4 Å². The van der Waals surface area contributed by atoms with Gasteiger partial charge in [0.15, 0.2) is 0 Å². The number of carbonyl (C=O) groups excluding carboxylic acids is 1. The minimum absolute atomic E-state index is 0.0102. The zero-order valence-corrected chi connectivity index (χ0v) is 13.5. The van der Waals surface area contributed by atoms with Gasteiger partial charge in [0.1, 0.15) is 17.6 Å². The van der Waals surface area contributed by atoms with E-state index in [0.717, 1.165) is 49.1 Å². The molecule has 0 bridgehead atoms. The summed E-state index contributed by atoms with van der Waals surface area (Å²) in [5.41, 5.74) is 1.97. The van der Waals surface area contributed by atoms with Crippen LogP contribution < -0.4 is 5.32 Å². The molecule has 2 aromatic rings. The first-order valence-corrected chi connectivity index (χ1v) is 8.56. The summed E-state index contributed by atoms with van der Waals surface area (Å²) in [6.07, 6.45) is 5.64. The third-order valence-corrected chi connectivity index (χ3v) is 4.78. The molecule has 5 heteroatoms. The lowest BCUT2D eigenvalue weighted by Crippen LogP contribution is -2.41. The Kier molecular flexibility index (Phi) is 4.10. The van der Waals surface area contributed by atoms with Gasteiger partial charge in [-0.1, -0.05) is 12.1 Å². The van der Waals surface area contributed by atoms with Gasteiger partial charge in [-0.3, -0.25) is 9.69 Å². The highest BCUT2D eigenvalue weighted by molar-refractivity contribution is 5.83. The fourth-order valence-electron chi connectivity index (χ4n) is 3.37. The Bertz CT molecular complexity index is 721. The second-order valence-corrected chi connectivity index (χ2v) is 6.68. The average molecular weight is 328 g/mol. The van der Waals surface area contributed by atoms with E-state index in [0.29, 0.717) is 12.6 Å². The number of furan rings is 1. The van der Waals surface area contributed by atoms with Crippen LogP contribution in [0.2, 0.25) is 0 Å². The molecule has 0 saturated heterocycles. The van der Waals surface area contributed by atoms with E-state index >= 15 is 0 Å². The monoisotopic (exact) mass is 328 g/mol. The van der Waals surface area contributed by atoms with Crippen molar-refractivity contribution < 1.29 is 13.6 Å². The summed E-state index contributed by atoms with van der Waals surface area (Å²) in [5, 5.41) is 3.10. The Labute approximate surface area is 140 Å². The van der Waals surface area contributed by atoms with Gasteiger partial charge in [0.05, 0.1) is 6.26 Å². The molecule has 4 rings (SSSR count). The van der Waals surface area contributed by atoms with Gasteiger partial charge < -0.3 is 9.73 Å². The molecule has 1 fully saturated rings. The number of benzene rings is 1. The van der Waals surface area contributed by atoms with Gasteiger partial charge in [-0.15, -0.1) is 0 Å². The first kappa shape index (κ1) is 15.4. The topological polar surface area (TPSA) is 45.5 Å². The molecule has 1 unspecified atom stereocenters. The molecule has 1 N–H and O–H groups in total. The van der Waals surface area contributed by atoms with Gasteiger partial charge in [0.25, 0.3) is 0 Å². The highest BCUT2D eigenvalue weighted by atomic mass is 19.1. The maximum atomic E-state index is 13.3. The molecule has 1 aliphatic heterocycles. The maximum Gasteiger partial charge on any atom is 0.242 e. The van der Waals surface area contributed by atoms with Crippen molar-refractivity contribution in [2.45, 2.75) is 44.3 Å². The van der Waals surface area contributed by atoms with Gasteiger partial charge in [0, 0.05) is 31.1 Å². The molecular weight excluding hydrogens is 307 g/mol. The zero-order valence-electron chi connectivity index (χ0n) is 13.5. The van der Waals surface area contributed by atoms with Crippen molar-refractivity contribution in [2.24, 2.45) is 0 Å². The van der Waals surface area contributed by atoms with E-state index in [2.05, 4.69) is 10.2 Å². The summed E-state index contributed by atoms with van der Waals surface area (Å²) in [5.74, 6) is 0.738. The summed E-state index contributed by atoms with van der Waals surface area (Å²) in [6.45, 7) is 1.48. The van der Waals surface area contributed by atoms with Crippen LogP contribution in [0.1, 0.15) is 42.2 Å². The minimum atomic E-state index is -0.396. The Morgan fingerprint density at radius 1 is 1.25 bits per heavy atom. The van der Waals surface area contributed by atoms with Crippen LogP contribution in [0, 0.1) is 5.82 Å². The molecule has 0 radical (unpaired) electrons. The number of hydrogen-bond acceptors (Lipinski definition) is 3. The van der Waals surface area contributed by atoms with E-state index in [1.165, 1.54) is 12.1 Å². The van der Waals surface area contributed by atoms with Crippen LogP contribution in [0.3, 0.4) is 0 Å². The molecule has 126 valence electrons. The van der Waals surface area contributed by atoms with Crippen molar-refractivity contribution in [1.29, 1.82) is 0 Å². The molecule has 1 amide bonds. The molecule has 1 saturated carbocycles. The molecule has 1 aliphatic carbocycles. The van der Waals surface area contributed by atoms with Crippen LogP contribution in [0.25, 0.3) is 0 Å². The number of nitrogens with one attached hydrogen (secondary N) is 1. The van der Waals surface area contributed by atoms with Crippen molar-refractivity contribution in [3.8, 4) is 0 Å². The summed E-state index contributed by atoms with van der Waals surface area (Å²) >= 11 is 0. The lowest BCUT2D eigenvalue weighted by molar-refractivity contribution is -0.127. The molecule has 24 heavy (non-hydrogen) atoms. The second kappa shape index (κ2) is 6.40. The quantitative estimate of drug-likeness (QED) is 0.937. The predicted octanol–water partition coefficient (Wildman–Crippen LogP) is 3.19. The van der Waals surface area contributed by atoms with E-state index in [1.807, 2.05) is 6.07 Å². The predicted molar refractivity (Wildman–Crippen MR) is 87.7 cm³/mol. The molecule has 2 aliphatic rings. The number of aryl methyl sites for hydroxylation is 1. The molecular formula is C19H21FN2O2. The van der Waals surface area contributed by atoms with Crippen LogP contribution in [0.5, 0.6) is 0 Å². The minimum Gasteiger partial charge on any atom is -0.469 e. The Morgan fingerprint density at radius 3 is 2.79 bits per heavy atom. The maximum absolute atomic E-state index is 13.3. The first-order valence-electron chi connectivity index (χ1n) is 8.56. The van der Waals surface area contributed by atoms with E-state index in [4.69, 9.17) is 4.42 Å². The lowest BCUT2D eigenvalue weighted by atomic mass is 10.0. The van der Waals surface area contributed by atoms with Crippen LogP contribution in [0.15, 0.2) is 41.0 Å². The van der Waals surface area contributed by atoms with Crippen LogP contribution in [-0.2, 0) is 17.8 Å².